The summed E-state index contributed by atoms with van der Waals surface area (Å²) in [5.41, 5.74) is -0.610. The molecule has 3 amide bonds. The monoisotopic (exact) mass is 611 g/mol. The van der Waals surface area contributed by atoms with Crippen molar-refractivity contribution in [2.45, 2.75) is 50.8 Å². The van der Waals surface area contributed by atoms with E-state index in [4.69, 9.17) is 4.74 Å². The average molecular weight is 612 g/mol. The maximum absolute atomic E-state index is 13.9. The van der Waals surface area contributed by atoms with E-state index in [1.54, 1.807) is 0 Å². The van der Waals surface area contributed by atoms with Gasteiger partial charge in [-0.3, -0.25) is 14.5 Å². The summed E-state index contributed by atoms with van der Waals surface area (Å²) < 4.78 is 82.8. The highest BCUT2D eigenvalue weighted by Crippen LogP contribution is 2.35. The molecular weight excluding hydrogens is 582 g/mol. The summed E-state index contributed by atoms with van der Waals surface area (Å²) in [6, 6.07) is 9.97. The summed E-state index contributed by atoms with van der Waals surface area (Å²) in [6.07, 6.45) is -6.44. The van der Waals surface area contributed by atoms with Crippen molar-refractivity contribution >= 4 is 27.7 Å². The van der Waals surface area contributed by atoms with Gasteiger partial charge in [0, 0.05) is 19.5 Å². The molecular formula is C28H29F4N3O6S. The second-order valence-corrected chi connectivity index (χ2v) is 13.1. The van der Waals surface area contributed by atoms with Crippen LogP contribution in [0.5, 0.6) is 0 Å². The zero-order chi connectivity index (χ0) is 30.2. The van der Waals surface area contributed by atoms with Crippen LogP contribution in [0.4, 0.5) is 22.4 Å². The van der Waals surface area contributed by atoms with Gasteiger partial charge in [-0.15, -0.1) is 0 Å². The van der Waals surface area contributed by atoms with Crippen molar-refractivity contribution in [3.8, 4) is 0 Å². The molecule has 0 radical (unpaired) electrons. The molecule has 2 aromatic carbocycles. The normalized spacial score (nSPS) is 23.1. The van der Waals surface area contributed by atoms with E-state index in [0.29, 0.717) is 12.1 Å². The first-order chi connectivity index (χ1) is 19.8. The van der Waals surface area contributed by atoms with Gasteiger partial charge in [-0.05, 0) is 48.1 Å². The van der Waals surface area contributed by atoms with E-state index < -0.39 is 58.2 Å². The van der Waals surface area contributed by atoms with Gasteiger partial charge in [0.1, 0.15) is 34.5 Å². The van der Waals surface area contributed by atoms with Crippen LogP contribution < -0.4 is 0 Å². The molecule has 14 heteroatoms. The van der Waals surface area contributed by atoms with Gasteiger partial charge in [-0.1, -0.05) is 30.3 Å². The van der Waals surface area contributed by atoms with Crippen LogP contribution >= 0.6 is 0 Å². The van der Waals surface area contributed by atoms with Gasteiger partial charge in [0.15, 0.2) is 0 Å². The Labute approximate surface area is 239 Å². The maximum atomic E-state index is 13.9. The number of hydrogen-bond donors (Lipinski definition) is 0. The largest absolute Gasteiger partial charge is 0.444 e. The number of hydrogen-bond acceptors (Lipinski definition) is 6. The Morgan fingerprint density at radius 2 is 1.69 bits per heavy atom. The molecule has 0 saturated carbocycles. The Morgan fingerprint density at radius 1 is 1.00 bits per heavy atom. The molecule has 42 heavy (non-hydrogen) atoms. The second kappa shape index (κ2) is 11.5. The van der Waals surface area contributed by atoms with E-state index in [9.17, 15) is 40.4 Å². The van der Waals surface area contributed by atoms with Crippen molar-refractivity contribution in [2.24, 2.45) is 5.92 Å². The number of benzene rings is 2. The highest BCUT2D eigenvalue weighted by atomic mass is 32.2. The molecule has 0 bridgehead atoms. The Hall–Kier alpha value is -3.68. The molecule has 3 aliphatic heterocycles. The minimum Gasteiger partial charge on any atom is -0.444 e. The van der Waals surface area contributed by atoms with Gasteiger partial charge >= 0.3 is 12.3 Å². The number of alkyl halides is 3. The number of ether oxygens (including phenoxy) is 1. The number of sulfone groups is 1. The summed E-state index contributed by atoms with van der Waals surface area (Å²) in [7, 11) is -3.26. The Kier molecular flexibility index (Phi) is 8.19. The van der Waals surface area contributed by atoms with Crippen LogP contribution in [0.3, 0.4) is 0 Å². The second-order valence-electron chi connectivity index (χ2n) is 10.8. The number of carbonyl (C=O) groups is 3. The zero-order valence-corrected chi connectivity index (χ0v) is 23.2. The third-order valence-electron chi connectivity index (χ3n) is 7.93. The summed E-state index contributed by atoms with van der Waals surface area (Å²) in [5.74, 6) is -2.53. The van der Waals surface area contributed by atoms with Crippen LogP contribution in [0.15, 0.2) is 48.5 Å². The summed E-state index contributed by atoms with van der Waals surface area (Å²) in [4.78, 5) is 44.5. The topological polar surface area (TPSA) is 104 Å². The maximum Gasteiger partial charge on any atom is 0.416 e. The first-order valence-electron chi connectivity index (χ1n) is 13.5. The lowest BCUT2D eigenvalue weighted by Gasteiger charge is -2.53. The van der Waals surface area contributed by atoms with Gasteiger partial charge in [-0.2, -0.15) is 13.2 Å². The van der Waals surface area contributed by atoms with Crippen molar-refractivity contribution in [3.05, 3.63) is 71.0 Å². The van der Waals surface area contributed by atoms with E-state index in [2.05, 4.69) is 0 Å². The molecule has 3 aliphatic rings. The number of carbonyl (C=O) groups excluding carboxylic acids is 3. The van der Waals surface area contributed by atoms with Crippen molar-refractivity contribution < 1.29 is 45.1 Å². The van der Waals surface area contributed by atoms with Crippen molar-refractivity contribution in [2.75, 3.05) is 24.6 Å². The Balaban J connectivity index is 1.40. The number of amides is 3. The van der Waals surface area contributed by atoms with Gasteiger partial charge in [0.25, 0.3) is 0 Å². The number of rotatable bonds is 5. The highest BCUT2D eigenvalue weighted by Gasteiger charge is 2.52. The molecule has 3 fully saturated rings. The van der Waals surface area contributed by atoms with Crippen LogP contribution in [-0.4, -0.2) is 77.8 Å². The fourth-order valence-corrected chi connectivity index (χ4v) is 7.40. The van der Waals surface area contributed by atoms with Crippen LogP contribution in [-0.2, 0) is 43.5 Å². The van der Waals surface area contributed by atoms with E-state index in [1.807, 2.05) is 30.3 Å². The molecule has 2 aromatic rings. The number of piperazine rings is 1. The van der Waals surface area contributed by atoms with Crippen LogP contribution in [0.25, 0.3) is 0 Å². The summed E-state index contributed by atoms with van der Waals surface area (Å²) in [6.45, 7) is -0.567. The lowest BCUT2D eigenvalue weighted by Crippen LogP contribution is -2.72. The molecule has 0 spiro atoms. The first kappa shape index (κ1) is 29.8. The van der Waals surface area contributed by atoms with Gasteiger partial charge in [0.05, 0.1) is 23.6 Å². The third kappa shape index (κ3) is 6.37. The molecule has 5 rings (SSSR count). The van der Waals surface area contributed by atoms with Crippen LogP contribution in [0.1, 0.15) is 36.0 Å². The molecule has 2 unspecified atom stereocenters. The predicted molar refractivity (Wildman–Crippen MR) is 141 cm³/mol. The van der Waals surface area contributed by atoms with Crippen molar-refractivity contribution in [1.29, 1.82) is 0 Å². The highest BCUT2D eigenvalue weighted by molar-refractivity contribution is 7.91. The molecule has 2 atom stereocenters. The van der Waals surface area contributed by atoms with Crippen molar-refractivity contribution in [3.63, 3.8) is 0 Å². The summed E-state index contributed by atoms with van der Waals surface area (Å²) >= 11 is 0. The average Bonchev–Trinajstić information content (AvgIpc) is 2.93. The van der Waals surface area contributed by atoms with Crippen molar-refractivity contribution in [1.82, 2.24) is 14.7 Å². The number of nitrogens with zero attached hydrogens (tertiary/aromatic N) is 3. The number of fused-ring (bicyclic) bond motifs is 1. The fraction of sp³-hybridized carbons (Fsp3) is 0.464. The van der Waals surface area contributed by atoms with Crippen LogP contribution in [0, 0.1) is 11.7 Å². The standard InChI is InChI=1S/C28H29F4N3O6S/c29-22-13-19(12-21(14-22)28(30,31)32)17-41-27(38)34-9-6-24(36)35-23(34)16-33(15-18-4-2-1-3-5-18)26(37)25(35)20-7-10-42(39,40)11-8-20/h1-5,12-14,20,23,25H,6-11,15-17H2. The molecule has 0 N–H and O–H groups in total. The van der Waals surface area contributed by atoms with Crippen LogP contribution in [0.2, 0.25) is 0 Å². The lowest BCUT2D eigenvalue weighted by molar-refractivity contribution is -0.172. The molecule has 0 aliphatic carbocycles. The molecule has 3 heterocycles. The number of halogens is 4. The van der Waals surface area contributed by atoms with Gasteiger partial charge in [0.2, 0.25) is 11.8 Å². The van der Waals surface area contributed by atoms with Gasteiger partial charge < -0.3 is 14.5 Å². The zero-order valence-electron chi connectivity index (χ0n) is 22.4. The minimum atomic E-state index is -4.79. The molecule has 9 nitrogen and oxygen atoms in total. The molecule has 3 saturated heterocycles. The van der Waals surface area contributed by atoms with E-state index in [1.165, 1.54) is 14.7 Å². The van der Waals surface area contributed by atoms with E-state index in [0.717, 1.165) is 11.6 Å². The molecule has 226 valence electrons. The quantitative estimate of drug-likeness (QED) is 0.479. The van der Waals surface area contributed by atoms with E-state index in [-0.39, 0.29) is 67.8 Å². The summed E-state index contributed by atoms with van der Waals surface area (Å²) in [5, 5.41) is 0. The Morgan fingerprint density at radius 3 is 2.36 bits per heavy atom. The minimum absolute atomic E-state index is 0.0473. The van der Waals surface area contributed by atoms with E-state index >= 15 is 0 Å². The smallest absolute Gasteiger partial charge is 0.416 e. The first-order valence-corrected chi connectivity index (χ1v) is 15.3. The lowest BCUT2D eigenvalue weighted by atomic mass is 9.88. The SMILES string of the molecule is O=C1C(C2CCS(=O)(=O)CC2)N2C(=O)CCN(C(=O)OCc3cc(F)cc(C(F)(F)F)c3)C2CN1Cc1ccccc1. The predicted octanol–water partition coefficient (Wildman–Crippen LogP) is 3.58. The molecule has 0 aromatic heterocycles. The fourth-order valence-electron chi connectivity index (χ4n) is 5.87. The Bertz CT molecular complexity index is 1460. The van der Waals surface area contributed by atoms with Gasteiger partial charge in [-0.25, -0.2) is 17.6 Å². The third-order valence-corrected chi connectivity index (χ3v) is 9.64.